The zero-order chi connectivity index (χ0) is 20.4. The first kappa shape index (κ1) is 20.0. The van der Waals surface area contributed by atoms with E-state index in [1.807, 2.05) is 24.8 Å². The molecule has 1 N–H and O–H groups in total. The number of hydrogen-bond donors (Lipinski definition) is 1. The van der Waals surface area contributed by atoms with Crippen molar-refractivity contribution in [3.8, 4) is 11.5 Å². The molecule has 0 bridgehead atoms. The summed E-state index contributed by atoms with van der Waals surface area (Å²) < 4.78 is 45.9. The lowest BCUT2D eigenvalue weighted by Crippen LogP contribution is -2.22. The number of sulfonamides is 1. The fourth-order valence-electron chi connectivity index (χ4n) is 3.34. The Labute approximate surface area is 174 Å². The lowest BCUT2D eigenvalue weighted by atomic mass is 10.2. The zero-order valence-electron chi connectivity index (χ0n) is 16.3. The van der Waals surface area contributed by atoms with E-state index in [0.29, 0.717) is 28.2 Å². The van der Waals surface area contributed by atoms with E-state index in [4.69, 9.17) is 13.9 Å². The van der Waals surface area contributed by atoms with Gasteiger partial charge in [-0.1, -0.05) is 6.07 Å². The Morgan fingerprint density at radius 1 is 1.10 bits per heavy atom. The van der Waals surface area contributed by atoms with Gasteiger partial charge in [-0.15, -0.1) is 0 Å². The molecule has 6 nitrogen and oxygen atoms in total. The van der Waals surface area contributed by atoms with E-state index in [0.717, 1.165) is 29.9 Å². The lowest BCUT2D eigenvalue weighted by Gasteiger charge is -2.23. The van der Waals surface area contributed by atoms with Gasteiger partial charge in [0.05, 0.1) is 24.0 Å². The Balaban J connectivity index is 1.70. The number of aryl methyl sites for hydroxylation is 1. The predicted octanol–water partition coefficient (Wildman–Crippen LogP) is 4.83. The first-order valence-corrected chi connectivity index (χ1v) is 12.0. The minimum atomic E-state index is -3.85. The zero-order valence-corrected chi connectivity index (χ0v) is 17.9. The maximum Gasteiger partial charge on any atom is 0.262 e. The van der Waals surface area contributed by atoms with Crippen molar-refractivity contribution >= 4 is 38.4 Å². The Kier molecular flexibility index (Phi) is 5.65. The first-order valence-electron chi connectivity index (χ1n) is 9.39. The summed E-state index contributed by atoms with van der Waals surface area (Å²) in [4.78, 5) is 0.121. The van der Waals surface area contributed by atoms with Crippen molar-refractivity contribution in [2.45, 2.75) is 30.8 Å². The average Bonchev–Trinajstić information content (AvgIpc) is 3.18. The van der Waals surface area contributed by atoms with Crippen molar-refractivity contribution in [1.29, 1.82) is 0 Å². The number of nitrogens with one attached hydrogen (secondary N) is 1. The molecule has 29 heavy (non-hydrogen) atoms. The predicted molar refractivity (Wildman–Crippen MR) is 116 cm³/mol. The number of benzene rings is 2. The molecule has 0 spiro atoms. The standard InChI is InChI=1S/C21H23NO5S2/c1-14-3-4-19(25-2)18(11-14)22-29(23,24)17-12-15-5-8-26-21(15)20(13-17)27-16-6-9-28-10-7-16/h3-5,8,11-13,16,22H,6-7,9-10H2,1-2H3. The third-order valence-corrected chi connectivity index (χ3v) is 7.26. The minimum absolute atomic E-state index is 0.0623. The van der Waals surface area contributed by atoms with Crippen LogP contribution in [0.5, 0.6) is 11.5 Å². The Bertz CT molecular complexity index is 1120. The van der Waals surface area contributed by atoms with Gasteiger partial charge in [-0.3, -0.25) is 4.72 Å². The molecular weight excluding hydrogens is 410 g/mol. The minimum Gasteiger partial charge on any atom is -0.495 e. The summed E-state index contributed by atoms with van der Waals surface area (Å²) in [6.07, 6.45) is 3.47. The molecule has 0 radical (unpaired) electrons. The Morgan fingerprint density at radius 3 is 2.66 bits per heavy atom. The molecule has 154 valence electrons. The summed E-state index contributed by atoms with van der Waals surface area (Å²) >= 11 is 1.91. The number of thioether (sulfide) groups is 1. The maximum absolute atomic E-state index is 13.1. The molecular formula is C21H23NO5S2. The molecule has 1 aliphatic rings. The van der Waals surface area contributed by atoms with Crippen LogP contribution in [0.25, 0.3) is 11.0 Å². The van der Waals surface area contributed by atoms with Crippen LogP contribution >= 0.6 is 11.8 Å². The molecule has 0 atom stereocenters. The molecule has 2 aromatic carbocycles. The number of hydrogen-bond acceptors (Lipinski definition) is 6. The highest BCUT2D eigenvalue weighted by Gasteiger charge is 2.23. The van der Waals surface area contributed by atoms with Crippen LogP contribution in [0.1, 0.15) is 18.4 Å². The maximum atomic E-state index is 13.1. The smallest absolute Gasteiger partial charge is 0.262 e. The molecule has 8 heteroatoms. The molecule has 1 fully saturated rings. The van der Waals surface area contributed by atoms with Crippen LogP contribution in [0.4, 0.5) is 5.69 Å². The van der Waals surface area contributed by atoms with Crippen LogP contribution < -0.4 is 14.2 Å². The van der Waals surface area contributed by atoms with Crippen LogP contribution in [0.2, 0.25) is 0 Å². The highest BCUT2D eigenvalue weighted by atomic mass is 32.2. The van der Waals surface area contributed by atoms with Gasteiger partial charge in [0.1, 0.15) is 11.9 Å². The van der Waals surface area contributed by atoms with Gasteiger partial charge >= 0.3 is 0 Å². The largest absolute Gasteiger partial charge is 0.495 e. The van der Waals surface area contributed by atoms with Gasteiger partial charge in [0.25, 0.3) is 10.0 Å². The molecule has 0 saturated carbocycles. The van der Waals surface area contributed by atoms with Crippen LogP contribution in [0.3, 0.4) is 0 Å². The highest BCUT2D eigenvalue weighted by molar-refractivity contribution is 7.99. The molecule has 0 unspecified atom stereocenters. The number of fused-ring (bicyclic) bond motifs is 1. The first-order chi connectivity index (χ1) is 14.0. The van der Waals surface area contributed by atoms with Crippen molar-refractivity contribution < 1.29 is 22.3 Å². The molecule has 2 heterocycles. The molecule has 0 aliphatic carbocycles. The highest BCUT2D eigenvalue weighted by Crippen LogP contribution is 2.35. The molecule has 1 aliphatic heterocycles. The van der Waals surface area contributed by atoms with Crippen LogP contribution in [0.15, 0.2) is 52.0 Å². The van der Waals surface area contributed by atoms with Gasteiger partial charge in [0.15, 0.2) is 11.3 Å². The molecule has 4 rings (SSSR count). The summed E-state index contributed by atoms with van der Waals surface area (Å²) in [5.74, 6) is 3.00. The summed E-state index contributed by atoms with van der Waals surface area (Å²) in [6, 6.07) is 10.2. The van der Waals surface area contributed by atoms with Crippen molar-refractivity contribution in [3.05, 3.63) is 48.2 Å². The molecule has 0 amide bonds. The molecule has 3 aromatic rings. The third kappa shape index (κ3) is 4.33. The Hall–Kier alpha value is -2.32. The van der Waals surface area contributed by atoms with Crippen LogP contribution in [-0.2, 0) is 10.0 Å². The topological polar surface area (TPSA) is 77.8 Å². The number of methoxy groups -OCH3 is 1. The van der Waals surface area contributed by atoms with Crippen molar-refractivity contribution in [3.63, 3.8) is 0 Å². The number of anilines is 1. The van der Waals surface area contributed by atoms with Gasteiger partial charge in [-0.25, -0.2) is 8.42 Å². The fourth-order valence-corrected chi connectivity index (χ4v) is 5.52. The molecule has 1 saturated heterocycles. The van der Waals surface area contributed by atoms with Crippen LogP contribution in [-0.4, -0.2) is 33.1 Å². The molecule has 1 aromatic heterocycles. The van der Waals surface area contributed by atoms with E-state index < -0.39 is 10.0 Å². The van der Waals surface area contributed by atoms with Gasteiger partial charge in [0, 0.05) is 11.5 Å². The summed E-state index contributed by atoms with van der Waals surface area (Å²) in [5, 5.41) is 0.685. The van der Waals surface area contributed by atoms with Crippen molar-refractivity contribution in [1.82, 2.24) is 0 Å². The third-order valence-electron chi connectivity index (χ3n) is 4.86. The Morgan fingerprint density at radius 2 is 1.90 bits per heavy atom. The van der Waals surface area contributed by atoms with E-state index in [1.54, 1.807) is 30.5 Å². The van der Waals surface area contributed by atoms with Crippen molar-refractivity contribution in [2.75, 3.05) is 23.3 Å². The second-order valence-electron chi connectivity index (χ2n) is 7.00. The van der Waals surface area contributed by atoms with E-state index in [-0.39, 0.29) is 11.0 Å². The summed E-state index contributed by atoms with van der Waals surface area (Å²) in [7, 11) is -2.34. The van der Waals surface area contributed by atoms with E-state index in [2.05, 4.69) is 4.72 Å². The van der Waals surface area contributed by atoms with Gasteiger partial charge < -0.3 is 13.9 Å². The number of rotatable bonds is 6. The lowest BCUT2D eigenvalue weighted by molar-refractivity contribution is 0.192. The van der Waals surface area contributed by atoms with Crippen LogP contribution in [0, 0.1) is 6.92 Å². The fraction of sp³-hybridized carbons (Fsp3) is 0.333. The van der Waals surface area contributed by atoms with E-state index in [1.165, 1.54) is 13.2 Å². The number of furan rings is 1. The van der Waals surface area contributed by atoms with Gasteiger partial charge in [-0.05, 0) is 61.1 Å². The van der Waals surface area contributed by atoms with E-state index in [9.17, 15) is 8.42 Å². The number of ether oxygens (including phenoxy) is 2. The van der Waals surface area contributed by atoms with Crippen molar-refractivity contribution in [2.24, 2.45) is 0 Å². The van der Waals surface area contributed by atoms with E-state index >= 15 is 0 Å². The van der Waals surface area contributed by atoms with Gasteiger partial charge in [-0.2, -0.15) is 11.8 Å². The second kappa shape index (κ2) is 8.20. The quantitative estimate of drug-likeness (QED) is 0.600. The SMILES string of the molecule is COc1ccc(C)cc1NS(=O)(=O)c1cc(OC2CCSCC2)c2occc2c1. The second-order valence-corrected chi connectivity index (χ2v) is 9.91. The monoisotopic (exact) mass is 433 g/mol. The normalized spacial score (nSPS) is 15.4. The summed E-state index contributed by atoms with van der Waals surface area (Å²) in [5.41, 5.74) is 1.88. The average molecular weight is 434 g/mol. The van der Waals surface area contributed by atoms with Gasteiger partial charge in [0.2, 0.25) is 0 Å². The summed E-state index contributed by atoms with van der Waals surface area (Å²) in [6.45, 7) is 1.89.